The van der Waals surface area contributed by atoms with Crippen LogP contribution < -0.4 is 5.14 Å². The molecule has 1 rings (SSSR count). The van der Waals surface area contributed by atoms with Crippen LogP contribution in [0.1, 0.15) is 11.3 Å². The van der Waals surface area contributed by atoms with E-state index in [1.807, 2.05) is 0 Å². The van der Waals surface area contributed by atoms with Crippen molar-refractivity contribution in [2.75, 3.05) is 33.5 Å². The Labute approximate surface area is 128 Å². The maximum Gasteiger partial charge on any atom is 0.311 e. The maximum atomic E-state index is 11.5. The van der Waals surface area contributed by atoms with Gasteiger partial charge in [-0.3, -0.25) is 4.79 Å². The molecule has 0 aromatic carbocycles. The number of rotatable bonds is 10. The molecule has 7 nitrogen and oxygen atoms in total. The molecule has 0 amide bonds. The summed E-state index contributed by atoms with van der Waals surface area (Å²) in [5.41, 5.74) is 0. The molecule has 21 heavy (non-hydrogen) atoms. The van der Waals surface area contributed by atoms with Gasteiger partial charge < -0.3 is 14.2 Å². The summed E-state index contributed by atoms with van der Waals surface area (Å²) in [5.74, 6) is -0.432. The molecule has 1 aromatic heterocycles. The summed E-state index contributed by atoms with van der Waals surface area (Å²) in [5, 5.41) is 4.99. The number of esters is 1. The van der Waals surface area contributed by atoms with Crippen LogP contribution in [0.3, 0.4) is 0 Å². The number of ether oxygens (including phenoxy) is 3. The fourth-order valence-corrected chi connectivity index (χ4v) is 3.19. The molecule has 0 fully saturated rings. The third-order valence-corrected chi connectivity index (χ3v) is 4.89. The first kappa shape index (κ1) is 18.1. The molecule has 0 radical (unpaired) electrons. The van der Waals surface area contributed by atoms with Gasteiger partial charge in [-0.05, 0) is 18.6 Å². The molecule has 0 saturated carbocycles. The van der Waals surface area contributed by atoms with Crippen LogP contribution in [0.25, 0.3) is 0 Å². The van der Waals surface area contributed by atoms with E-state index >= 15 is 0 Å². The van der Waals surface area contributed by atoms with E-state index < -0.39 is 16.0 Å². The van der Waals surface area contributed by atoms with Crippen molar-refractivity contribution in [1.29, 1.82) is 0 Å². The minimum atomic E-state index is -3.71. The van der Waals surface area contributed by atoms with Gasteiger partial charge in [0.05, 0.1) is 13.0 Å². The van der Waals surface area contributed by atoms with E-state index in [4.69, 9.17) is 19.3 Å². The van der Waals surface area contributed by atoms with E-state index in [1.165, 1.54) is 6.07 Å². The number of hydrogen-bond donors (Lipinski definition) is 1. The summed E-state index contributed by atoms with van der Waals surface area (Å²) in [4.78, 5) is 12.1. The number of carbonyl (C=O) groups is 1. The highest BCUT2D eigenvalue weighted by atomic mass is 32.2. The molecule has 1 heterocycles. The highest BCUT2D eigenvalue weighted by Gasteiger charge is 2.13. The van der Waals surface area contributed by atoms with Gasteiger partial charge >= 0.3 is 5.97 Å². The highest BCUT2D eigenvalue weighted by Crippen LogP contribution is 2.20. The molecule has 0 spiro atoms. The Morgan fingerprint density at radius 1 is 1.24 bits per heavy atom. The van der Waals surface area contributed by atoms with Gasteiger partial charge in [-0.15, -0.1) is 11.3 Å². The predicted octanol–water partition coefficient (Wildman–Crippen LogP) is 0.534. The first-order valence-electron chi connectivity index (χ1n) is 6.27. The molecule has 120 valence electrons. The molecule has 0 aliphatic rings. The zero-order chi connectivity index (χ0) is 15.7. The van der Waals surface area contributed by atoms with Crippen molar-refractivity contribution in [3.05, 3.63) is 17.0 Å². The lowest BCUT2D eigenvalue weighted by atomic mass is 10.3. The molecule has 0 aliphatic heterocycles. The quantitative estimate of drug-likeness (QED) is 0.493. The molecule has 1 aromatic rings. The van der Waals surface area contributed by atoms with Crippen molar-refractivity contribution in [1.82, 2.24) is 0 Å². The molecule has 0 saturated heterocycles. The lowest BCUT2D eigenvalue weighted by Crippen LogP contribution is -2.13. The number of methoxy groups -OCH3 is 1. The Morgan fingerprint density at radius 2 is 2.00 bits per heavy atom. The summed E-state index contributed by atoms with van der Waals surface area (Å²) in [6, 6.07) is 2.93. The van der Waals surface area contributed by atoms with Gasteiger partial charge in [-0.2, -0.15) is 0 Å². The molecule has 0 bridgehead atoms. The maximum absolute atomic E-state index is 11.5. The van der Waals surface area contributed by atoms with E-state index in [9.17, 15) is 13.2 Å². The number of primary sulfonamides is 1. The minimum Gasteiger partial charge on any atom is -0.463 e. The first-order chi connectivity index (χ1) is 9.93. The zero-order valence-electron chi connectivity index (χ0n) is 11.7. The van der Waals surface area contributed by atoms with Crippen molar-refractivity contribution in [3.8, 4) is 0 Å². The largest absolute Gasteiger partial charge is 0.463 e. The number of carbonyl (C=O) groups excluding carboxylic acids is 1. The fourth-order valence-electron chi connectivity index (χ4n) is 1.42. The van der Waals surface area contributed by atoms with Gasteiger partial charge in [-0.25, -0.2) is 13.6 Å². The second kappa shape index (κ2) is 9.11. The van der Waals surface area contributed by atoms with E-state index in [0.29, 0.717) is 24.7 Å². The van der Waals surface area contributed by atoms with E-state index in [2.05, 4.69) is 0 Å². The van der Waals surface area contributed by atoms with Crippen LogP contribution >= 0.6 is 11.3 Å². The van der Waals surface area contributed by atoms with E-state index in [0.717, 1.165) is 17.8 Å². The van der Waals surface area contributed by atoms with Crippen LogP contribution in [0.5, 0.6) is 0 Å². The predicted molar refractivity (Wildman–Crippen MR) is 77.7 cm³/mol. The first-order valence-corrected chi connectivity index (χ1v) is 8.63. The van der Waals surface area contributed by atoms with Crippen LogP contribution in [-0.4, -0.2) is 47.9 Å². The molecule has 0 unspecified atom stereocenters. The van der Waals surface area contributed by atoms with Crippen LogP contribution in [-0.2, 0) is 35.4 Å². The van der Waals surface area contributed by atoms with Crippen molar-refractivity contribution in [2.45, 2.75) is 17.1 Å². The van der Waals surface area contributed by atoms with Crippen LogP contribution in [0, 0.1) is 0 Å². The molecular formula is C12H19NO6S2. The van der Waals surface area contributed by atoms with Gasteiger partial charge in [0.1, 0.15) is 10.8 Å². The standard InChI is InChI=1S/C12H19NO6S2/c1-17-5-2-6-18-7-8-19-11(14)9-10-3-4-12(20-10)21(13,15)16/h3-4H,2,5-9H2,1H3,(H2,13,15,16). The lowest BCUT2D eigenvalue weighted by Gasteiger charge is -2.05. The van der Waals surface area contributed by atoms with E-state index in [-0.39, 0.29) is 17.2 Å². The van der Waals surface area contributed by atoms with Gasteiger partial charge in [0.15, 0.2) is 0 Å². The Kier molecular flexibility index (Phi) is 7.83. The fraction of sp³-hybridized carbons (Fsp3) is 0.583. The molecule has 2 N–H and O–H groups in total. The van der Waals surface area contributed by atoms with Crippen molar-refractivity contribution >= 4 is 27.3 Å². The van der Waals surface area contributed by atoms with Crippen LogP contribution in [0.4, 0.5) is 0 Å². The van der Waals surface area contributed by atoms with Crippen LogP contribution in [0.2, 0.25) is 0 Å². The number of hydrogen-bond acceptors (Lipinski definition) is 7. The summed E-state index contributed by atoms with van der Waals surface area (Å²) in [7, 11) is -2.09. The molecule has 0 aliphatic carbocycles. The smallest absolute Gasteiger partial charge is 0.311 e. The van der Waals surface area contributed by atoms with Crippen molar-refractivity contribution in [3.63, 3.8) is 0 Å². The van der Waals surface area contributed by atoms with Crippen molar-refractivity contribution < 1.29 is 27.4 Å². The third-order valence-electron chi connectivity index (χ3n) is 2.36. The lowest BCUT2D eigenvalue weighted by molar-refractivity contribution is -0.144. The SMILES string of the molecule is COCCCOCCOC(=O)Cc1ccc(S(N)(=O)=O)s1. The van der Waals surface area contributed by atoms with Crippen molar-refractivity contribution in [2.24, 2.45) is 5.14 Å². The van der Waals surface area contributed by atoms with Crippen LogP contribution in [0.15, 0.2) is 16.3 Å². The minimum absolute atomic E-state index is 0.0177. The highest BCUT2D eigenvalue weighted by molar-refractivity contribution is 7.91. The Bertz CT molecular complexity index is 540. The zero-order valence-corrected chi connectivity index (χ0v) is 13.4. The molecule has 9 heteroatoms. The van der Waals surface area contributed by atoms with Gasteiger partial charge in [0, 0.05) is 25.2 Å². The van der Waals surface area contributed by atoms with Gasteiger partial charge in [0.25, 0.3) is 0 Å². The normalized spacial score (nSPS) is 11.5. The average molecular weight is 337 g/mol. The summed E-state index contributed by atoms with van der Waals surface area (Å²) < 4.78 is 37.3. The van der Waals surface area contributed by atoms with Gasteiger partial charge in [-0.1, -0.05) is 0 Å². The summed E-state index contributed by atoms with van der Waals surface area (Å²) in [6.45, 7) is 1.67. The summed E-state index contributed by atoms with van der Waals surface area (Å²) in [6.07, 6.45) is 0.805. The topological polar surface area (TPSA) is 105 Å². The number of nitrogens with two attached hydrogens (primary N) is 1. The second-order valence-corrected chi connectivity index (χ2v) is 7.08. The van der Waals surface area contributed by atoms with E-state index in [1.54, 1.807) is 13.2 Å². The van der Waals surface area contributed by atoms with Gasteiger partial charge in [0.2, 0.25) is 10.0 Å². The Balaban J connectivity index is 2.21. The Morgan fingerprint density at radius 3 is 2.62 bits per heavy atom. The Hall–Kier alpha value is -1.00. The number of sulfonamides is 1. The molecular weight excluding hydrogens is 318 g/mol. The summed E-state index contributed by atoms with van der Waals surface area (Å²) >= 11 is 0.962. The third kappa shape index (κ3) is 7.53. The number of thiophene rings is 1. The molecule has 0 atom stereocenters. The average Bonchev–Trinajstić information content (AvgIpc) is 2.86. The monoisotopic (exact) mass is 337 g/mol. The second-order valence-electron chi connectivity index (χ2n) is 4.12.